The molecule has 0 aliphatic carbocycles. The predicted molar refractivity (Wildman–Crippen MR) is 84.3 cm³/mol. The molecule has 3 nitrogen and oxygen atoms in total. The molecule has 4 heteroatoms. The molecule has 2 aromatic rings. The Labute approximate surface area is 125 Å². The number of nitrogens with one attached hydrogen (secondary N) is 1. The summed E-state index contributed by atoms with van der Waals surface area (Å²) in [6, 6.07) is 8.83. The van der Waals surface area contributed by atoms with Crippen molar-refractivity contribution in [1.82, 2.24) is 9.97 Å². The van der Waals surface area contributed by atoms with Crippen LogP contribution in [-0.4, -0.2) is 9.97 Å². The van der Waals surface area contributed by atoms with E-state index >= 15 is 0 Å². The number of benzene rings is 1. The summed E-state index contributed by atoms with van der Waals surface area (Å²) in [6.45, 7) is 6.33. The monoisotopic (exact) mass is 289 g/mol. The number of aromatic nitrogens is 2. The summed E-state index contributed by atoms with van der Waals surface area (Å²) < 4.78 is 0. The van der Waals surface area contributed by atoms with Gasteiger partial charge in [-0.1, -0.05) is 49.7 Å². The van der Waals surface area contributed by atoms with Gasteiger partial charge >= 0.3 is 0 Å². The molecule has 0 fully saturated rings. The van der Waals surface area contributed by atoms with Crippen molar-refractivity contribution in [2.24, 2.45) is 0 Å². The van der Waals surface area contributed by atoms with E-state index in [4.69, 9.17) is 11.6 Å². The predicted octanol–water partition coefficient (Wildman–Crippen LogP) is 4.43. The molecular formula is C16H20ClN3. The topological polar surface area (TPSA) is 37.8 Å². The maximum atomic E-state index is 6.11. The molecule has 1 atom stereocenters. The molecule has 0 radical (unpaired) electrons. The van der Waals surface area contributed by atoms with Gasteiger partial charge in [0.2, 0.25) is 0 Å². The quantitative estimate of drug-likeness (QED) is 0.828. The number of anilines is 1. The van der Waals surface area contributed by atoms with Gasteiger partial charge in [-0.2, -0.15) is 0 Å². The highest BCUT2D eigenvalue weighted by molar-refractivity contribution is 6.30. The standard InChI is InChI=1S/C16H20ClN3/c1-4-12-6-8-13(9-7-12)11(3)20-16-14(5-2)15(17)18-10-19-16/h6-11H,4-5H2,1-3H3,(H,18,19,20). The molecule has 0 spiro atoms. The van der Waals surface area contributed by atoms with Crippen molar-refractivity contribution in [3.63, 3.8) is 0 Å². The van der Waals surface area contributed by atoms with Crippen molar-refractivity contribution < 1.29 is 0 Å². The van der Waals surface area contributed by atoms with E-state index in [-0.39, 0.29) is 6.04 Å². The Balaban J connectivity index is 2.18. The lowest BCUT2D eigenvalue weighted by Gasteiger charge is -2.17. The maximum absolute atomic E-state index is 6.11. The van der Waals surface area contributed by atoms with Crippen LogP contribution >= 0.6 is 11.6 Å². The number of hydrogen-bond donors (Lipinski definition) is 1. The van der Waals surface area contributed by atoms with E-state index in [1.165, 1.54) is 17.5 Å². The maximum Gasteiger partial charge on any atom is 0.137 e. The largest absolute Gasteiger partial charge is 0.363 e. The zero-order valence-electron chi connectivity index (χ0n) is 12.2. The summed E-state index contributed by atoms with van der Waals surface area (Å²) in [5, 5.41) is 3.95. The van der Waals surface area contributed by atoms with Gasteiger partial charge in [0.05, 0.1) is 0 Å². The van der Waals surface area contributed by atoms with E-state index < -0.39 is 0 Å². The molecule has 0 saturated heterocycles. The molecule has 106 valence electrons. The minimum Gasteiger partial charge on any atom is -0.363 e. The summed E-state index contributed by atoms with van der Waals surface area (Å²) in [5.74, 6) is 0.819. The summed E-state index contributed by atoms with van der Waals surface area (Å²) in [6.07, 6.45) is 3.36. The number of halogens is 1. The van der Waals surface area contributed by atoms with Crippen molar-refractivity contribution in [3.05, 3.63) is 52.4 Å². The van der Waals surface area contributed by atoms with Crippen molar-refractivity contribution in [2.75, 3.05) is 5.32 Å². The first-order valence-corrected chi connectivity index (χ1v) is 7.38. The lowest BCUT2D eigenvalue weighted by molar-refractivity contribution is 0.861. The van der Waals surface area contributed by atoms with Crippen LogP contribution in [0.25, 0.3) is 0 Å². The Morgan fingerprint density at radius 3 is 2.40 bits per heavy atom. The average Bonchev–Trinajstić information content (AvgIpc) is 2.47. The van der Waals surface area contributed by atoms with Crippen molar-refractivity contribution in [1.29, 1.82) is 0 Å². The third-order valence-corrected chi connectivity index (χ3v) is 3.81. The first-order valence-electron chi connectivity index (χ1n) is 7.00. The Bertz CT molecular complexity index is 566. The normalized spacial score (nSPS) is 12.2. The smallest absolute Gasteiger partial charge is 0.137 e. The van der Waals surface area contributed by atoms with Gasteiger partial charge in [0.25, 0.3) is 0 Å². The SMILES string of the molecule is CCc1ccc(C(C)Nc2ncnc(Cl)c2CC)cc1. The van der Waals surface area contributed by atoms with Gasteiger partial charge in [-0.05, 0) is 30.9 Å². The highest BCUT2D eigenvalue weighted by atomic mass is 35.5. The molecule has 20 heavy (non-hydrogen) atoms. The van der Waals surface area contributed by atoms with Crippen LogP contribution in [0, 0.1) is 0 Å². The number of nitrogens with zero attached hydrogens (tertiary/aromatic N) is 2. The van der Waals surface area contributed by atoms with E-state index in [1.807, 2.05) is 0 Å². The molecule has 0 bridgehead atoms. The first kappa shape index (κ1) is 14.8. The van der Waals surface area contributed by atoms with Gasteiger partial charge in [0, 0.05) is 11.6 Å². The molecule has 1 aromatic carbocycles. The van der Waals surface area contributed by atoms with Crippen molar-refractivity contribution in [3.8, 4) is 0 Å². The fourth-order valence-electron chi connectivity index (χ4n) is 2.16. The molecule has 0 amide bonds. The third-order valence-electron chi connectivity index (χ3n) is 3.49. The van der Waals surface area contributed by atoms with Crippen molar-refractivity contribution >= 4 is 17.4 Å². The van der Waals surface area contributed by atoms with Gasteiger partial charge in [0.1, 0.15) is 17.3 Å². The number of aryl methyl sites for hydroxylation is 1. The summed E-state index contributed by atoms with van der Waals surface area (Å²) in [5.41, 5.74) is 3.55. The van der Waals surface area contributed by atoms with Crippen LogP contribution in [0.5, 0.6) is 0 Å². The first-order chi connectivity index (χ1) is 9.65. The Morgan fingerprint density at radius 2 is 1.80 bits per heavy atom. The van der Waals surface area contributed by atoms with E-state index in [9.17, 15) is 0 Å². The second-order valence-electron chi connectivity index (χ2n) is 4.81. The zero-order valence-corrected chi connectivity index (χ0v) is 12.9. The minimum absolute atomic E-state index is 0.178. The molecule has 1 heterocycles. The highest BCUT2D eigenvalue weighted by Crippen LogP contribution is 2.24. The summed E-state index contributed by atoms with van der Waals surface area (Å²) in [7, 11) is 0. The molecule has 1 aromatic heterocycles. The van der Waals surface area contributed by atoms with E-state index in [2.05, 4.69) is 60.3 Å². The molecule has 0 aliphatic rings. The van der Waals surface area contributed by atoms with Crippen molar-refractivity contribution in [2.45, 2.75) is 39.7 Å². The molecule has 0 aliphatic heterocycles. The average molecular weight is 290 g/mol. The van der Waals surface area contributed by atoms with Crippen LogP contribution in [0.4, 0.5) is 5.82 Å². The molecule has 1 unspecified atom stereocenters. The highest BCUT2D eigenvalue weighted by Gasteiger charge is 2.11. The summed E-state index contributed by atoms with van der Waals surface area (Å²) >= 11 is 6.11. The molecular weight excluding hydrogens is 270 g/mol. The van der Waals surface area contributed by atoms with Gasteiger partial charge in [-0.25, -0.2) is 9.97 Å². The fourth-order valence-corrected chi connectivity index (χ4v) is 2.43. The summed E-state index contributed by atoms with van der Waals surface area (Å²) in [4.78, 5) is 8.33. The van der Waals surface area contributed by atoms with Gasteiger partial charge in [-0.3, -0.25) is 0 Å². The van der Waals surface area contributed by atoms with Gasteiger partial charge in [-0.15, -0.1) is 0 Å². The van der Waals surface area contributed by atoms with Crippen LogP contribution in [0.2, 0.25) is 5.15 Å². The number of hydrogen-bond acceptors (Lipinski definition) is 3. The zero-order chi connectivity index (χ0) is 14.5. The van der Waals surface area contributed by atoms with Gasteiger partial charge in [0.15, 0.2) is 0 Å². The van der Waals surface area contributed by atoms with E-state index in [1.54, 1.807) is 0 Å². The molecule has 0 saturated carbocycles. The lowest BCUT2D eigenvalue weighted by atomic mass is 10.0. The fraction of sp³-hybridized carbons (Fsp3) is 0.375. The van der Waals surface area contributed by atoms with Crippen LogP contribution in [-0.2, 0) is 12.8 Å². The second-order valence-corrected chi connectivity index (χ2v) is 5.16. The lowest BCUT2D eigenvalue weighted by Crippen LogP contribution is -2.10. The Kier molecular flexibility index (Phi) is 4.96. The Hall–Kier alpha value is -1.61. The second kappa shape index (κ2) is 6.71. The third kappa shape index (κ3) is 3.28. The van der Waals surface area contributed by atoms with Crippen LogP contribution in [0.1, 0.15) is 43.5 Å². The van der Waals surface area contributed by atoms with Crippen LogP contribution < -0.4 is 5.32 Å². The van der Waals surface area contributed by atoms with E-state index in [0.29, 0.717) is 5.15 Å². The molecule has 2 rings (SSSR count). The molecule has 1 N–H and O–H groups in total. The Morgan fingerprint density at radius 1 is 1.10 bits per heavy atom. The minimum atomic E-state index is 0.178. The van der Waals surface area contributed by atoms with Crippen LogP contribution in [0.3, 0.4) is 0 Å². The number of rotatable bonds is 5. The van der Waals surface area contributed by atoms with Crippen LogP contribution in [0.15, 0.2) is 30.6 Å². The van der Waals surface area contributed by atoms with E-state index in [0.717, 1.165) is 24.2 Å². The van der Waals surface area contributed by atoms with Gasteiger partial charge < -0.3 is 5.32 Å².